The molecule has 1 aliphatic carbocycles. The number of aryl methyl sites for hydroxylation is 1. The number of aromatic nitrogens is 1. The van der Waals surface area contributed by atoms with Crippen molar-refractivity contribution in [2.45, 2.75) is 31.8 Å². The van der Waals surface area contributed by atoms with E-state index in [-0.39, 0.29) is 17.4 Å². The SMILES string of the molecule is O=c1ccc2c([nH]1)CCCC2NCc1ccc(-c2ccc(F)cc2)o1. The van der Waals surface area contributed by atoms with Gasteiger partial charge in [0.1, 0.15) is 17.3 Å². The zero-order chi connectivity index (χ0) is 17.2. The van der Waals surface area contributed by atoms with Crippen molar-refractivity contribution < 1.29 is 8.81 Å². The van der Waals surface area contributed by atoms with Crippen LogP contribution in [0, 0.1) is 5.82 Å². The van der Waals surface area contributed by atoms with E-state index in [4.69, 9.17) is 4.42 Å². The Kier molecular flexibility index (Phi) is 4.24. The van der Waals surface area contributed by atoms with Crippen LogP contribution in [-0.4, -0.2) is 4.98 Å². The molecule has 2 aromatic heterocycles. The summed E-state index contributed by atoms with van der Waals surface area (Å²) < 4.78 is 18.9. The highest BCUT2D eigenvalue weighted by Gasteiger charge is 2.20. The average Bonchev–Trinajstić information content (AvgIpc) is 3.09. The number of halogens is 1. The van der Waals surface area contributed by atoms with E-state index < -0.39 is 0 Å². The summed E-state index contributed by atoms with van der Waals surface area (Å²) in [6, 6.07) is 13.8. The fourth-order valence-electron chi connectivity index (χ4n) is 3.38. The quantitative estimate of drug-likeness (QED) is 0.757. The molecule has 4 nitrogen and oxygen atoms in total. The minimum Gasteiger partial charge on any atom is -0.460 e. The zero-order valence-electron chi connectivity index (χ0n) is 13.7. The predicted molar refractivity (Wildman–Crippen MR) is 93.7 cm³/mol. The van der Waals surface area contributed by atoms with Gasteiger partial charge in [-0.15, -0.1) is 0 Å². The second-order valence-electron chi connectivity index (χ2n) is 6.36. The summed E-state index contributed by atoms with van der Waals surface area (Å²) in [5.41, 5.74) is 3.00. The molecule has 0 spiro atoms. The van der Waals surface area contributed by atoms with Crippen molar-refractivity contribution in [2.24, 2.45) is 0 Å². The van der Waals surface area contributed by atoms with Crippen molar-refractivity contribution in [3.8, 4) is 11.3 Å². The monoisotopic (exact) mass is 338 g/mol. The van der Waals surface area contributed by atoms with Gasteiger partial charge in [0.2, 0.25) is 5.56 Å². The second-order valence-corrected chi connectivity index (χ2v) is 6.36. The fourth-order valence-corrected chi connectivity index (χ4v) is 3.38. The molecular weight excluding hydrogens is 319 g/mol. The number of fused-ring (bicyclic) bond motifs is 1. The molecule has 0 saturated heterocycles. The maximum atomic E-state index is 13.0. The van der Waals surface area contributed by atoms with Crippen molar-refractivity contribution in [3.63, 3.8) is 0 Å². The summed E-state index contributed by atoms with van der Waals surface area (Å²) in [4.78, 5) is 14.4. The molecule has 1 atom stereocenters. The molecule has 1 aromatic carbocycles. The van der Waals surface area contributed by atoms with E-state index in [0.29, 0.717) is 6.54 Å². The predicted octanol–water partition coefficient (Wildman–Crippen LogP) is 3.94. The van der Waals surface area contributed by atoms with Gasteiger partial charge in [0.25, 0.3) is 0 Å². The Morgan fingerprint density at radius 1 is 1.12 bits per heavy atom. The van der Waals surface area contributed by atoms with Crippen LogP contribution in [0.15, 0.2) is 57.7 Å². The lowest BCUT2D eigenvalue weighted by Crippen LogP contribution is -2.26. The molecule has 128 valence electrons. The van der Waals surface area contributed by atoms with E-state index in [9.17, 15) is 9.18 Å². The van der Waals surface area contributed by atoms with Crippen molar-refractivity contribution in [2.75, 3.05) is 0 Å². The number of aromatic amines is 1. The van der Waals surface area contributed by atoms with Gasteiger partial charge in [-0.1, -0.05) is 6.07 Å². The third kappa shape index (κ3) is 3.42. The molecule has 2 N–H and O–H groups in total. The molecule has 0 radical (unpaired) electrons. The van der Waals surface area contributed by atoms with Crippen molar-refractivity contribution in [1.82, 2.24) is 10.3 Å². The summed E-state index contributed by atoms with van der Waals surface area (Å²) in [6.45, 7) is 0.602. The van der Waals surface area contributed by atoms with Gasteiger partial charge in [-0.25, -0.2) is 4.39 Å². The van der Waals surface area contributed by atoms with Gasteiger partial charge in [-0.2, -0.15) is 0 Å². The summed E-state index contributed by atoms with van der Waals surface area (Å²) in [5, 5.41) is 3.51. The molecule has 0 saturated carbocycles. The second kappa shape index (κ2) is 6.69. The van der Waals surface area contributed by atoms with E-state index >= 15 is 0 Å². The lowest BCUT2D eigenvalue weighted by molar-refractivity contribution is 0.417. The summed E-state index contributed by atoms with van der Waals surface area (Å²) in [5.74, 6) is 1.30. The maximum absolute atomic E-state index is 13.0. The smallest absolute Gasteiger partial charge is 0.248 e. The molecule has 25 heavy (non-hydrogen) atoms. The third-order valence-electron chi connectivity index (χ3n) is 4.64. The highest BCUT2D eigenvalue weighted by atomic mass is 19.1. The summed E-state index contributed by atoms with van der Waals surface area (Å²) >= 11 is 0. The van der Waals surface area contributed by atoms with Crippen molar-refractivity contribution in [3.05, 3.63) is 81.7 Å². The molecule has 4 rings (SSSR count). The van der Waals surface area contributed by atoms with Gasteiger partial charge in [-0.05, 0) is 61.2 Å². The largest absolute Gasteiger partial charge is 0.460 e. The number of pyridine rings is 1. The van der Waals surface area contributed by atoms with Crippen molar-refractivity contribution >= 4 is 0 Å². The van der Waals surface area contributed by atoms with Gasteiger partial charge in [-0.3, -0.25) is 4.79 Å². The van der Waals surface area contributed by atoms with Crippen LogP contribution in [0.1, 0.15) is 35.9 Å². The van der Waals surface area contributed by atoms with Crippen LogP contribution < -0.4 is 10.9 Å². The molecule has 1 aliphatic rings. The Labute approximate surface area is 144 Å². The van der Waals surface area contributed by atoms with Crippen LogP contribution in [0.4, 0.5) is 4.39 Å². The molecule has 0 fully saturated rings. The molecule has 0 bridgehead atoms. The number of hydrogen-bond donors (Lipinski definition) is 2. The van der Waals surface area contributed by atoms with E-state index in [1.807, 2.05) is 18.2 Å². The molecule has 0 aliphatic heterocycles. The van der Waals surface area contributed by atoms with Gasteiger partial charge in [0.15, 0.2) is 0 Å². The highest BCUT2D eigenvalue weighted by molar-refractivity contribution is 5.57. The Bertz CT molecular complexity index is 927. The first-order valence-electron chi connectivity index (χ1n) is 8.49. The average molecular weight is 338 g/mol. The number of benzene rings is 1. The standard InChI is InChI=1S/C20H19FN2O2/c21-14-6-4-13(5-7-14)19-10-8-15(25-19)12-22-17-2-1-3-18-16(17)9-11-20(24)23-18/h4-11,17,22H,1-3,12H2,(H,23,24). The maximum Gasteiger partial charge on any atom is 0.248 e. The van der Waals surface area contributed by atoms with E-state index in [1.165, 1.54) is 12.1 Å². The first-order valence-corrected chi connectivity index (χ1v) is 8.49. The Hall–Kier alpha value is -2.66. The van der Waals surface area contributed by atoms with Crippen LogP contribution in [0.2, 0.25) is 0 Å². The normalized spacial score (nSPS) is 16.6. The van der Waals surface area contributed by atoms with Crippen molar-refractivity contribution in [1.29, 1.82) is 0 Å². The Morgan fingerprint density at radius 2 is 1.96 bits per heavy atom. The van der Waals surface area contributed by atoms with Crippen LogP contribution in [0.3, 0.4) is 0 Å². The zero-order valence-corrected chi connectivity index (χ0v) is 13.7. The minimum atomic E-state index is -0.258. The third-order valence-corrected chi connectivity index (χ3v) is 4.64. The van der Waals surface area contributed by atoms with E-state index in [1.54, 1.807) is 18.2 Å². The lowest BCUT2D eigenvalue weighted by atomic mass is 9.91. The van der Waals surface area contributed by atoms with Crippen LogP contribution in [0.25, 0.3) is 11.3 Å². The van der Waals surface area contributed by atoms with Gasteiger partial charge < -0.3 is 14.7 Å². The highest BCUT2D eigenvalue weighted by Crippen LogP contribution is 2.28. The Balaban J connectivity index is 1.46. The number of hydrogen-bond acceptors (Lipinski definition) is 3. The van der Waals surface area contributed by atoms with Crippen LogP contribution in [-0.2, 0) is 13.0 Å². The van der Waals surface area contributed by atoms with Crippen LogP contribution in [0.5, 0.6) is 0 Å². The van der Waals surface area contributed by atoms with Gasteiger partial charge >= 0.3 is 0 Å². The topological polar surface area (TPSA) is 58.0 Å². The fraction of sp³-hybridized carbons (Fsp3) is 0.250. The molecule has 2 heterocycles. The lowest BCUT2D eigenvalue weighted by Gasteiger charge is -2.25. The minimum absolute atomic E-state index is 0.0469. The van der Waals surface area contributed by atoms with Gasteiger partial charge in [0.05, 0.1) is 6.54 Å². The summed E-state index contributed by atoms with van der Waals surface area (Å²) in [7, 11) is 0. The Morgan fingerprint density at radius 3 is 2.80 bits per heavy atom. The molecule has 5 heteroatoms. The first kappa shape index (κ1) is 15.8. The molecule has 1 unspecified atom stereocenters. The molecule has 3 aromatic rings. The first-order chi connectivity index (χ1) is 12.2. The number of H-pyrrole nitrogens is 1. The molecule has 0 amide bonds. The van der Waals surface area contributed by atoms with E-state index in [2.05, 4.69) is 10.3 Å². The van der Waals surface area contributed by atoms with Gasteiger partial charge in [0, 0.05) is 23.4 Å². The van der Waals surface area contributed by atoms with E-state index in [0.717, 1.165) is 47.6 Å². The number of nitrogens with one attached hydrogen (secondary N) is 2. The number of rotatable bonds is 4. The number of furan rings is 1. The molecular formula is C20H19FN2O2. The summed E-state index contributed by atoms with van der Waals surface area (Å²) in [6.07, 6.45) is 2.99. The van der Waals surface area contributed by atoms with Crippen LogP contribution >= 0.6 is 0 Å².